The van der Waals surface area contributed by atoms with E-state index in [2.05, 4.69) is 9.47 Å². The average Bonchev–Trinajstić information content (AvgIpc) is 3.38. The Balaban J connectivity index is 0.000000611. The van der Waals surface area contributed by atoms with Gasteiger partial charge in [-0.2, -0.15) is 0 Å². The highest BCUT2D eigenvalue weighted by atomic mass is 32.2. The number of primary amides is 1. The fraction of sp³-hybridized carbons (Fsp3) is 0.593. The number of ether oxygens (including phenoxy) is 5. The standard InChI is InChI=1S/C22H25FO8S.C5H11NO2/c1-11-6-15(4-5-17(11)23)32-8-14-7-16-19(18(14)21(26)30-9-28-12(2)24)20(16)22(27)31-10-29-13(3)25;1-5(2,3)8-4(6)7/h4-6,14,16,18-20H,7-10H2,1-3H3;1-3H3,(H2,6,7)/t14-,16+,18+,19+,20-;/m0./s1. The van der Waals surface area contributed by atoms with Crippen LogP contribution in [0.2, 0.25) is 0 Å². The Morgan fingerprint density at radius 1 is 0.950 bits per heavy atom. The first kappa shape index (κ1) is 32.9. The minimum atomic E-state index is -0.725. The van der Waals surface area contributed by atoms with Crippen molar-refractivity contribution < 1.29 is 52.0 Å². The molecule has 2 aliphatic carbocycles. The Hall–Kier alpha value is -3.35. The molecule has 1 amide bonds. The lowest BCUT2D eigenvalue weighted by Crippen LogP contribution is -2.30. The summed E-state index contributed by atoms with van der Waals surface area (Å²) in [5.41, 5.74) is 4.80. The van der Waals surface area contributed by atoms with Crippen LogP contribution in [0.15, 0.2) is 23.1 Å². The number of carbonyl (C=O) groups excluding carboxylic acids is 5. The van der Waals surface area contributed by atoms with E-state index >= 15 is 0 Å². The van der Waals surface area contributed by atoms with Crippen molar-refractivity contribution in [3.63, 3.8) is 0 Å². The summed E-state index contributed by atoms with van der Waals surface area (Å²) < 4.78 is 37.6. The molecule has 0 heterocycles. The Bertz CT molecular complexity index is 1110. The Morgan fingerprint density at radius 2 is 1.50 bits per heavy atom. The molecule has 0 radical (unpaired) electrons. The largest absolute Gasteiger partial charge is 0.444 e. The van der Waals surface area contributed by atoms with Crippen molar-refractivity contribution >= 4 is 41.7 Å². The van der Waals surface area contributed by atoms with Gasteiger partial charge in [0.2, 0.25) is 13.6 Å². The molecule has 2 fully saturated rings. The van der Waals surface area contributed by atoms with E-state index in [4.69, 9.17) is 19.9 Å². The van der Waals surface area contributed by atoms with Gasteiger partial charge in [0.15, 0.2) is 0 Å². The van der Waals surface area contributed by atoms with Crippen molar-refractivity contribution in [1.82, 2.24) is 0 Å². The third kappa shape index (κ3) is 10.3. The third-order valence-electron chi connectivity index (χ3n) is 6.20. The number of nitrogens with two attached hydrogens (primary N) is 1. The van der Waals surface area contributed by atoms with Crippen LogP contribution < -0.4 is 5.73 Å². The van der Waals surface area contributed by atoms with E-state index in [1.807, 2.05) is 0 Å². The number of benzene rings is 1. The van der Waals surface area contributed by atoms with Crippen molar-refractivity contribution in [2.24, 2.45) is 35.3 Å². The maximum atomic E-state index is 13.5. The van der Waals surface area contributed by atoms with Crippen molar-refractivity contribution in [2.45, 2.75) is 58.5 Å². The second-order valence-electron chi connectivity index (χ2n) is 10.5. The van der Waals surface area contributed by atoms with Crippen molar-refractivity contribution in [2.75, 3.05) is 19.3 Å². The first-order chi connectivity index (χ1) is 18.6. The van der Waals surface area contributed by atoms with Gasteiger partial charge in [-0.25, -0.2) is 9.18 Å². The van der Waals surface area contributed by atoms with Crippen LogP contribution >= 0.6 is 11.8 Å². The molecule has 5 atom stereocenters. The highest BCUT2D eigenvalue weighted by Crippen LogP contribution is 2.64. The summed E-state index contributed by atoms with van der Waals surface area (Å²) >= 11 is 1.51. The maximum absolute atomic E-state index is 13.5. The first-order valence-corrected chi connectivity index (χ1v) is 13.6. The van der Waals surface area contributed by atoms with Gasteiger partial charge in [-0.15, -0.1) is 11.8 Å². The number of hydrogen-bond donors (Lipinski definition) is 1. The molecule has 13 heteroatoms. The van der Waals surface area contributed by atoms with Gasteiger partial charge >= 0.3 is 30.0 Å². The lowest BCUT2D eigenvalue weighted by Gasteiger charge is -2.22. The second kappa shape index (κ2) is 14.3. The topological polar surface area (TPSA) is 158 Å². The Labute approximate surface area is 236 Å². The van der Waals surface area contributed by atoms with Crippen LogP contribution in [0, 0.1) is 42.3 Å². The summed E-state index contributed by atoms with van der Waals surface area (Å²) in [6.07, 6.45) is -0.101. The van der Waals surface area contributed by atoms with Crippen LogP contribution in [0.5, 0.6) is 0 Å². The highest BCUT2D eigenvalue weighted by molar-refractivity contribution is 7.99. The predicted octanol–water partition coefficient (Wildman–Crippen LogP) is 3.73. The molecule has 1 aromatic rings. The van der Waals surface area contributed by atoms with E-state index in [0.717, 1.165) is 4.90 Å². The SMILES string of the molecule is CC(=O)OCOC(=O)[C@@H]1[C@H](CSc2ccc(F)c(C)c2)C[C@H]2[C@H](C(=O)OCOC(C)=O)[C@H]21.CC(C)(C)OC(N)=O. The lowest BCUT2D eigenvalue weighted by molar-refractivity contribution is -0.170. The van der Waals surface area contributed by atoms with Crippen molar-refractivity contribution in [1.29, 1.82) is 0 Å². The molecule has 1 aromatic carbocycles. The second-order valence-corrected chi connectivity index (χ2v) is 11.6. The van der Waals surface area contributed by atoms with E-state index < -0.39 is 61.0 Å². The zero-order chi connectivity index (χ0) is 30.2. The normalized spacial score (nSPS) is 22.5. The summed E-state index contributed by atoms with van der Waals surface area (Å²) in [6.45, 7) is 8.44. The minimum absolute atomic E-state index is 0.0355. The third-order valence-corrected chi connectivity index (χ3v) is 7.38. The lowest BCUT2D eigenvalue weighted by atomic mass is 9.90. The van der Waals surface area contributed by atoms with Crippen LogP contribution in [0.1, 0.15) is 46.6 Å². The van der Waals surface area contributed by atoms with Crippen LogP contribution in [0.4, 0.5) is 9.18 Å². The molecule has 222 valence electrons. The molecule has 2 saturated carbocycles. The van der Waals surface area contributed by atoms with Crippen LogP contribution in [-0.4, -0.2) is 54.9 Å². The van der Waals surface area contributed by atoms with Crippen molar-refractivity contribution in [3.8, 4) is 0 Å². The predicted molar refractivity (Wildman–Crippen MR) is 140 cm³/mol. The number of thioether (sulfide) groups is 1. The van der Waals surface area contributed by atoms with Crippen LogP contribution in [-0.2, 0) is 42.9 Å². The molecule has 3 rings (SSSR count). The van der Waals surface area contributed by atoms with Gasteiger partial charge in [-0.05, 0) is 75.6 Å². The molecule has 0 aromatic heterocycles. The zero-order valence-electron chi connectivity index (χ0n) is 23.4. The summed E-state index contributed by atoms with van der Waals surface area (Å²) in [4.78, 5) is 57.8. The monoisotopic (exact) mass is 585 g/mol. The van der Waals surface area contributed by atoms with Gasteiger partial charge in [0, 0.05) is 24.5 Å². The number of rotatable bonds is 9. The van der Waals surface area contributed by atoms with E-state index in [9.17, 15) is 28.4 Å². The Morgan fingerprint density at radius 3 is 1.95 bits per heavy atom. The minimum Gasteiger partial charge on any atom is -0.444 e. The van der Waals surface area contributed by atoms with Crippen LogP contribution in [0.3, 0.4) is 0 Å². The maximum Gasteiger partial charge on any atom is 0.405 e. The van der Waals surface area contributed by atoms with Gasteiger partial charge in [-0.1, -0.05) is 0 Å². The quantitative estimate of drug-likeness (QED) is 0.195. The number of fused-ring (bicyclic) bond motifs is 1. The van der Waals surface area contributed by atoms with Gasteiger partial charge in [0.05, 0.1) is 11.8 Å². The number of halogens is 1. The van der Waals surface area contributed by atoms with E-state index in [1.54, 1.807) is 39.8 Å². The summed E-state index contributed by atoms with van der Waals surface area (Å²) in [7, 11) is 0. The molecule has 0 spiro atoms. The number of esters is 4. The average molecular weight is 586 g/mol. The van der Waals surface area contributed by atoms with Gasteiger partial charge in [0.1, 0.15) is 11.4 Å². The molecule has 2 N–H and O–H groups in total. The molecular formula is C27H36FNO10S. The summed E-state index contributed by atoms with van der Waals surface area (Å²) in [6, 6.07) is 4.84. The fourth-order valence-corrected chi connectivity index (χ4v) is 5.78. The molecule has 0 unspecified atom stereocenters. The van der Waals surface area contributed by atoms with Crippen LogP contribution in [0.25, 0.3) is 0 Å². The zero-order valence-corrected chi connectivity index (χ0v) is 24.2. The Kier molecular flexibility index (Phi) is 11.8. The molecule has 0 bridgehead atoms. The highest BCUT2D eigenvalue weighted by Gasteiger charge is 2.67. The molecule has 2 aliphatic rings. The van der Waals surface area contributed by atoms with Crippen molar-refractivity contribution in [3.05, 3.63) is 29.6 Å². The van der Waals surface area contributed by atoms with Gasteiger partial charge < -0.3 is 29.4 Å². The first-order valence-electron chi connectivity index (χ1n) is 12.6. The smallest absolute Gasteiger partial charge is 0.405 e. The molecule has 40 heavy (non-hydrogen) atoms. The molecular weight excluding hydrogens is 549 g/mol. The van der Waals surface area contributed by atoms with Gasteiger partial charge in [0.25, 0.3) is 0 Å². The van der Waals surface area contributed by atoms with E-state index in [0.29, 0.717) is 17.7 Å². The number of carbonyl (C=O) groups is 5. The summed E-state index contributed by atoms with van der Waals surface area (Å²) in [5.74, 6) is -3.25. The number of amides is 1. The fourth-order valence-electron chi connectivity index (χ4n) is 4.60. The molecule has 0 aliphatic heterocycles. The number of hydrogen-bond acceptors (Lipinski definition) is 11. The number of aryl methyl sites for hydroxylation is 1. The molecule has 0 saturated heterocycles. The van der Waals surface area contributed by atoms with E-state index in [1.165, 1.54) is 31.7 Å². The van der Waals surface area contributed by atoms with Gasteiger partial charge in [-0.3, -0.25) is 19.2 Å². The van der Waals surface area contributed by atoms with E-state index in [-0.39, 0.29) is 23.6 Å². The summed E-state index contributed by atoms with van der Waals surface area (Å²) in [5, 5.41) is 0. The molecule has 11 nitrogen and oxygen atoms in total.